The minimum absolute atomic E-state index is 0.647. The zero-order valence-corrected chi connectivity index (χ0v) is 7.80. The fourth-order valence-electron chi connectivity index (χ4n) is 0.902. The Morgan fingerprint density at radius 1 is 1.36 bits per heavy atom. The van der Waals surface area contributed by atoms with Gasteiger partial charge in [0.2, 0.25) is 0 Å². The van der Waals surface area contributed by atoms with E-state index < -0.39 is 0 Å². The van der Waals surface area contributed by atoms with Crippen molar-refractivity contribution < 1.29 is 0 Å². The quantitative estimate of drug-likeness (QED) is 0.566. The Labute approximate surface area is 69.8 Å². The maximum atomic E-state index is 8.28. The van der Waals surface area contributed by atoms with Crippen LogP contribution in [0.25, 0.3) is 0 Å². The van der Waals surface area contributed by atoms with E-state index >= 15 is 0 Å². The van der Waals surface area contributed by atoms with Gasteiger partial charge in [-0.3, -0.25) is 0 Å². The van der Waals surface area contributed by atoms with Gasteiger partial charge >= 0.3 is 0 Å². The Kier molecular flexibility index (Phi) is 5.87. The molecule has 64 valence electrons. The third-order valence-electron chi connectivity index (χ3n) is 2.04. The summed E-state index contributed by atoms with van der Waals surface area (Å²) >= 11 is 0. The summed E-state index contributed by atoms with van der Waals surface area (Å²) in [6.07, 6.45) is 4.14. The molecule has 0 spiro atoms. The van der Waals surface area contributed by atoms with Crippen LogP contribution >= 0.6 is 0 Å². The van der Waals surface area contributed by atoms with Crippen LogP contribution in [0.1, 0.15) is 32.6 Å². The second-order valence-electron chi connectivity index (χ2n) is 3.22. The molecule has 2 heteroatoms. The van der Waals surface area contributed by atoms with Gasteiger partial charge in [-0.25, -0.2) is 0 Å². The zero-order chi connectivity index (χ0) is 8.69. The van der Waals surface area contributed by atoms with E-state index in [1.54, 1.807) is 0 Å². The van der Waals surface area contributed by atoms with Crippen LogP contribution in [-0.2, 0) is 0 Å². The van der Waals surface area contributed by atoms with Crippen LogP contribution in [0.4, 0.5) is 0 Å². The van der Waals surface area contributed by atoms with E-state index in [2.05, 4.69) is 32.0 Å². The van der Waals surface area contributed by atoms with Crippen LogP contribution in [0, 0.1) is 11.3 Å². The first-order valence-electron chi connectivity index (χ1n) is 4.22. The molecule has 1 unspecified atom stereocenters. The molecule has 1 atom stereocenters. The zero-order valence-electron chi connectivity index (χ0n) is 7.80. The number of unbranched alkanes of at least 4 members (excludes halogenated alkanes) is 2. The molecule has 0 heterocycles. The van der Waals surface area contributed by atoms with Gasteiger partial charge in [-0.2, -0.15) is 5.26 Å². The van der Waals surface area contributed by atoms with Gasteiger partial charge in [0.15, 0.2) is 0 Å². The topological polar surface area (TPSA) is 27.0 Å². The third kappa shape index (κ3) is 5.87. The Morgan fingerprint density at radius 3 is 2.45 bits per heavy atom. The average Bonchev–Trinajstić information content (AvgIpc) is 1.97. The summed E-state index contributed by atoms with van der Waals surface area (Å²) < 4.78 is 0. The molecule has 0 aromatic carbocycles. The van der Waals surface area contributed by atoms with E-state index in [4.69, 9.17) is 5.26 Å². The standard InChI is InChI=1S/C9H18N2/c1-9(11(2)3)7-5-4-6-8-10/h9H,4-7H2,1-3H3. The van der Waals surface area contributed by atoms with Crippen molar-refractivity contribution in [3.8, 4) is 6.07 Å². The van der Waals surface area contributed by atoms with Gasteiger partial charge in [-0.15, -0.1) is 0 Å². The van der Waals surface area contributed by atoms with E-state index in [1.165, 1.54) is 12.8 Å². The molecule has 0 saturated heterocycles. The molecule has 0 N–H and O–H groups in total. The lowest BCUT2D eigenvalue weighted by atomic mass is 10.1. The smallest absolute Gasteiger partial charge is 0.0621 e. The first kappa shape index (κ1) is 10.4. The molecule has 0 aromatic heterocycles. The Hall–Kier alpha value is -0.550. The molecule has 11 heavy (non-hydrogen) atoms. The summed E-state index contributed by atoms with van der Waals surface area (Å²) in [4.78, 5) is 2.21. The van der Waals surface area contributed by atoms with Gasteiger partial charge in [0.25, 0.3) is 0 Å². The van der Waals surface area contributed by atoms with Crippen LogP contribution in [0.3, 0.4) is 0 Å². The van der Waals surface area contributed by atoms with Crippen molar-refractivity contribution in [2.75, 3.05) is 14.1 Å². The summed E-state index contributed by atoms with van der Waals surface area (Å²) in [7, 11) is 4.18. The largest absolute Gasteiger partial charge is 0.307 e. The summed E-state index contributed by atoms with van der Waals surface area (Å²) in [5.41, 5.74) is 0. The molecular formula is C9H18N2. The lowest BCUT2D eigenvalue weighted by molar-refractivity contribution is 0.292. The van der Waals surface area contributed by atoms with Crippen molar-refractivity contribution in [3.05, 3.63) is 0 Å². The van der Waals surface area contributed by atoms with Crippen molar-refractivity contribution in [3.63, 3.8) is 0 Å². The monoisotopic (exact) mass is 154 g/mol. The van der Waals surface area contributed by atoms with Crippen LogP contribution in [0.15, 0.2) is 0 Å². The Morgan fingerprint density at radius 2 is 2.00 bits per heavy atom. The summed E-state index contributed by atoms with van der Waals surface area (Å²) in [5, 5.41) is 8.28. The van der Waals surface area contributed by atoms with Crippen LogP contribution in [0.5, 0.6) is 0 Å². The highest BCUT2D eigenvalue weighted by Gasteiger charge is 2.02. The first-order chi connectivity index (χ1) is 5.18. The highest BCUT2D eigenvalue weighted by atomic mass is 15.1. The average molecular weight is 154 g/mol. The molecule has 0 fully saturated rings. The van der Waals surface area contributed by atoms with Gasteiger partial charge < -0.3 is 4.90 Å². The molecule has 0 aliphatic heterocycles. The van der Waals surface area contributed by atoms with Gasteiger partial charge in [0, 0.05) is 12.5 Å². The minimum Gasteiger partial charge on any atom is -0.307 e. The molecule has 0 aromatic rings. The molecule has 0 bridgehead atoms. The van der Waals surface area contributed by atoms with E-state index in [0.29, 0.717) is 12.5 Å². The molecular weight excluding hydrogens is 136 g/mol. The van der Waals surface area contributed by atoms with Crippen molar-refractivity contribution in [2.45, 2.75) is 38.6 Å². The molecule has 0 saturated carbocycles. The maximum Gasteiger partial charge on any atom is 0.0621 e. The van der Waals surface area contributed by atoms with Crippen LogP contribution in [0.2, 0.25) is 0 Å². The predicted octanol–water partition coefficient (Wildman–Crippen LogP) is 2.02. The fraction of sp³-hybridized carbons (Fsp3) is 0.889. The highest BCUT2D eigenvalue weighted by Crippen LogP contribution is 2.05. The third-order valence-corrected chi connectivity index (χ3v) is 2.04. The normalized spacial score (nSPS) is 13.0. The van der Waals surface area contributed by atoms with Gasteiger partial charge in [-0.05, 0) is 33.9 Å². The maximum absolute atomic E-state index is 8.28. The molecule has 0 radical (unpaired) electrons. The van der Waals surface area contributed by atoms with Crippen molar-refractivity contribution in [1.29, 1.82) is 5.26 Å². The summed E-state index contributed by atoms with van der Waals surface area (Å²) in [6, 6.07) is 2.80. The molecule has 0 aliphatic carbocycles. The number of hydrogen-bond acceptors (Lipinski definition) is 2. The van der Waals surface area contributed by atoms with E-state index in [9.17, 15) is 0 Å². The number of nitriles is 1. The van der Waals surface area contributed by atoms with Gasteiger partial charge in [0.1, 0.15) is 0 Å². The summed E-state index contributed by atoms with van der Waals surface area (Å²) in [5.74, 6) is 0. The SMILES string of the molecule is CC(CCCCC#N)N(C)C. The molecule has 0 aliphatic rings. The highest BCUT2D eigenvalue weighted by molar-refractivity contribution is 4.69. The molecule has 0 rings (SSSR count). The van der Waals surface area contributed by atoms with E-state index in [-0.39, 0.29) is 0 Å². The second kappa shape index (κ2) is 6.18. The van der Waals surface area contributed by atoms with Gasteiger partial charge in [-0.1, -0.05) is 6.42 Å². The van der Waals surface area contributed by atoms with E-state index in [0.717, 1.165) is 6.42 Å². The first-order valence-corrected chi connectivity index (χ1v) is 4.22. The predicted molar refractivity (Wildman–Crippen MR) is 47.2 cm³/mol. The molecule has 0 amide bonds. The summed E-state index contributed by atoms with van der Waals surface area (Å²) in [6.45, 7) is 2.21. The van der Waals surface area contributed by atoms with E-state index in [1.807, 2.05) is 0 Å². The van der Waals surface area contributed by atoms with Gasteiger partial charge in [0.05, 0.1) is 6.07 Å². The lowest BCUT2D eigenvalue weighted by Gasteiger charge is -2.18. The fourth-order valence-corrected chi connectivity index (χ4v) is 0.902. The number of hydrogen-bond donors (Lipinski definition) is 0. The Balaban J connectivity index is 3.19. The Bertz CT molecular complexity index is 124. The molecule has 2 nitrogen and oxygen atoms in total. The van der Waals surface area contributed by atoms with Crippen LogP contribution < -0.4 is 0 Å². The second-order valence-corrected chi connectivity index (χ2v) is 3.22. The lowest BCUT2D eigenvalue weighted by Crippen LogP contribution is -2.24. The van der Waals surface area contributed by atoms with Crippen molar-refractivity contribution >= 4 is 0 Å². The number of rotatable bonds is 5. The van der Waals surface area contributed by atoms with Crippen LogP contribution in [-0.4, -0.2) is 25.0 Å². The van der Waals surface area contributed by atoms with Crippen molar-refractivity contribution in [2.24, 2.45) is 0 Å². The number of nitrogens with zero attached hydrogens (tertiary/aromatic N) is 2. The minimum atomic E-state index is 0.647. The van der Waals surface area contributed by atoms with Crippen molar-refractivity contribution in [1.82, 2.24) is 4.90 Å².